The minimum atomic E-state index is 0.0449. The Bertz CT molecular complexity index is 660. The van der Waals surface area contributed by atoms with Crippen molar-refractivity contribution in [2.75, 3.05) is 0 Å². The molecule has 0 aliphatic heterocycles. The predicted octanol–water partition coefficient (Wildman–Crippen LogP) is 3.09. The number of Topliss-reactive ketones (excluding diaryl/α,β-unsaturated/α-hetero) is 1. The predicted molar refractivity (Wildman–Crippen MR) is 77.3 cm³/mol. The highest BCUT2D eigenvalue weighted by Gasteiger charge is 2.31. The molecular formula is C15H15BrN2O. The molecule has 1 aromatic carbocycles. The van der Waals surface area contributed by atoms with Crippen molar-refractivity contribution in [3.63, 3.8) is 0 Å². The van der Waals surface area contributed by atoms with E-state index >= 15 is 0 Å². The van der Waals surface area contributed by atoms with Gasteiger partial charge in [0.2, 0.25) is 0 Å². The van der Waals surface area contributed by atoms with Crippen molar-refractivity contribution in [3.05, 3.63) is 51.3 Å². The summed E-state index contributed by atoms with van der Waals surface area (Å²) in [6.45, 7) is 1.97. The molecule has 0 spiro atoms. The standard InChI is InChI=1S/C15H15BrN2O/c1-9-14(16)13(18(2)17-9)8-11-7-10-5-3-4-6-12(10)15(11)19/h3-6,11H,7-8H2,1-2H3. The summed E-state index contributed by atoms with van der Waals surface area (Å²) in [5.74, 6) is 0.310. The lowest BCUT2D eigenvalue weighted by Crippen LogP contribution is -2.14. The van der Waals surface area contributed by atoms with Crippen LogP contribution in [0.25, 0.3) is 0 Å². The Balaban J connectivity index is 1.89. The van der Waals surface area contributed by atoms with Crippen molar-refractivity contribution in [2.45, 2.75) is 19.8 Å². The number of rotatable bonds is 2. The van der Waals surface area contributed by atoms with Gasteiger partial charge in [-0.1, -0.05) is 24.3 Å². The van der Waals surface area contributed by atoms with E-state index < -0.39 is 0 Å². The number of halogens is 1. The second-order valence-corrected chi connectivity index (χ2v) is 5.89. The Labute approximate surface area is 120 Å². The van der Waals surface area contributed by atoms with Gasteiger partial charge in [0.25, 0.3) is 0 Å². The molecular weight excluding hydrogens is 304 g/mol. The number of aromatic nitrogens is 2. The van der Waals surface area contributed by atoms with Crippen LogP contribution in [0, 0.1) is 12.8 Å². The lowest BCUT2D eigenvalue weighted by atomic mass is 9.99. The number of carbonyl (C=O) groups is 1. The van der Waals surface area contributed by atoms with Gasteiger partial charge in [0.15, 0.2) is 5.78 Å². The first-order valence-corrected chi connectivity index (χ1v) is 7.17. The molecule has 1 atom stereocenters. The van der Waals surface area contributed by atoms with Crippen LogP contribution in [0.2, 0.25) is 0 Å². The Kier molecular flexibility index (Phi) is 3.05. The summed E-state index contributed by atoms with van der Waals surface area (Å²) < 4.78 is 2.90. The van der Waals surface area contributed by atoms with Crippen LogP contribution in [0.3, 0.4) is 0 Å². The molecule has 4 heteroatoms. The molecule has 1 heterocycles. The van der Waals surface area contributed by atoms with Crippen LogP contribution >= 0.6 is 15.9 Å². The Morgan fingerprint density at radius 1 is 1.42 bits per heavy atom. The molecule has 19 heavy (non-hydrogen) atoms. The van der Waals surface area contributed by atoms with E-state index in [1.165, 1.54) is 5.56 Å². The fourth-order valence-corrected chi connectivity index (χ4v) is 3.31. The second-order valence-electron chi connectivity index (χ2n) is 5.10. The molecule has 3 rings (SSSR count). The summed E-state index contributed by atoms with van der Waals surface area (Å²) in [7, 11) is 1.93. The molecule has 0 radical (unpaired) electrons. The molecule has 2 aromatic rings. The number of carbonyl (C=O) groups excluding carboxylic acids is 1. The minimum Gasteiger partial charge on any atom is -0.294 e. The highest BCUT2D eigenvalue weighted by Crippen LogP contribution is 2.31. The third kappa shape index (κ3) is 2.04. The zero-order chi connectivity index (χ0) is 13.6. The van der Waals surface area contributed by atoms with E-state index in [2.05, 4.69) is 27.1 Å². The van der Waals surface area contributed by atoms with Crippen LogP contribution in [-0.4, -0.2) is 15.6 Å². The van der Waals surface area contributed by atoms with Crippen molar-refractivity contribution >= 4 is 21.7 Å². The Hall–Kier alpha value is -1.42. The molecule has 1 aliphatic rings. The van der Waals surface area contributed by atoms with Gasteiger partial charge in [-0.25, -0.2) is 0 Å². The normalized spacial score (nSPS) is 17.8. The van der Waals surface area contributed by atoms with Gasteiger partial charge >= 0.3 is 0 Å². The number of benzene rings is 1. The molecule has 3 nitrogen and oxygen atoms in total. The monoisotopic (exact) mass is 318 g/mol. The van der Waals surface area contributed by atoms with Crippen molar-refractivity contribution in [2.24, 2.45) is 13.0 Å². The van der Waals surface area contributed by atoms with Gasteiger partial charge < -0.3 is 0 Å². The number of fused-ring (bicyclic) bond motifs is 1. The molecule has 1 aliphatic carbocycles. The van der Waals surface area contributed by atoms with Crippen LogP contribution in [0.1, 0.15) is 27.3 Å². The number of nitrogens with zero attached hydrogens (tertiary/aromatic N) is 2. The van der Waals surface area contributed by atoms with E-state index in [-0.39, 0.29) is 11.7 Å². The SMILES string of the molecule is Cc1nn(C)c(CC2Cc3ccccc3C2=O)c1Br. The van der Waals surface area contributed by atoms with Crippen molar-refractivity contribution in [1.29, 1.82) is 0 Å². The van der Waals surface area contributed by atoms with Gasteiger partial charge in [-0.15, -0.1) is 0 Å². The van der Waals surface area contributed by atoms with E-state index in [4.69, 9.17) is 0 Å². The Morgan fingerprint density at radius 2 is 2.16 bits per heavy atom. The van der Waals surface area contributed by atoms with Gasteiger partial charge in [-0.3, -0.25) is 9.48 Å². The second kappa shape index (κ2) is 4.60. The average molecular weight is 319 g/mol. The van der Waals surface area contributed by atoms with Crippen molar-refractivity contribution in [3.8, 4) is 0 Å². The van der Waals surface area contributed by atoms with Crippen LogP contribution in [0.5, 0.6) is 0 Å². The molecule has 0 N–H and O–H groups in total. The molecule has 1 aromatic heterocycles. The maximum absolute atomic E-state index is 12.4. The summed E-state index contributed by atoms with van der Waals surface area (Å²) in [6, 6.07) is 7.92. The fraction of sp³-hybridized carbons (Fsp3) is 0.333. The van der Waals surface area contributed by atoms with Gasteiger partial charge in [0, 0.05) is 24.9 Å². The lowest BCUT2D eigenvalue weighted by Gasteiger charge is -2.08. The first kappa shape index (κ1) is 12.6. The Morgan fingerprint density at radius 3 is 2.79 bits per heavy atom. The summed E-state index contributed by atoms with van der Waals surface area (Å²) in [5, 5.41) is 4.39. The van der Waals surface area contributed by atoms with E-state index in [1.807, 2.05) is 36.9 Å². The molecule has 1 unspecified atom stereocenters. The van der Waals surface area contributed by atoms with Crippen molar-refractivity contribution in [1.82, 2.24) is 9.78 Å². The molecule has 98 valence electrons. The fourth-order valence-electron chi connectivity index (χ4n) is 2.82. The number of aryl methyl sites for hydroxylation is 2. The highest BCUT2D eigenvalue weighted by atomic mass is 79.9. The smallest absolute Gasteiger partial charge is 0.166 e. The molecule has 0 amide bonds. The molecule has 0 fully saturated rings. The summed E-state index contributed by atoms with van der Waals surface area (Å²) >= 11 is 3.57. The molecule has 0 bridgehead atoms. The van der Waals surface area contributed by atoms with Crippen molar-refractivity contribution < 1.29 is 4.79 Å². The number of hydrogen-bond acceptors (Lipinski definition) is 2. The maximum Gasteiger partial charge on any atom is 0.166 e. The zero-order valence-corrected chi connectivity index (χ0v) is 12.6. The van der Waals surface area contributed by atoms with Crippen LogP contribution in [0.4, 0.5) is 0 Å². The van der Waals surface area contributed by atoms with Gasteiger partial charge in [0.1, 0.15) is 0 Å². The largest absolute Gasteiger partial charge is 0.294 e. The molecule has 0 saturated heterocycles. The van der Waals surface area contributed by atoms with E-state index in [1.54, 1.807) is 0 Å². The van der Waals surface area contributed by atoms with Crippen LogP contribution in [-0.2, 0) is 19.9 Å². The summed E-state index contributed by atoms with van der Waals surface area (Å²) in [5.41, 5.74) is 4.14. The number of ketones is 1. The van der Waals surface area contributed by atoms with Crippen LogP contribution in [0.15, 0.2) is 28.7 Å². The van der Waals surface area contributed by atoms with Crippen LogP contribution < -0.4 is 0 Å². The van der Waals surface area contributed by atoms with E-state index in [9.17, 15) is 4.79 Å². The third-order valence-corrected chi connectivity index (χ3v) is 4.85. The summed E-state index contributed by atoms with van der Waals surface area (Å²) in [6.07, 6.45) is 1.58. The van der Waals surface area contributed by atoms with E-state index in [0.29, 0.717) is 0 Å². The van der Waals surface area contributed by atoms with Gasteiger partial charge in [-0.05, 0) is 34.8 Å². The molecule has 0 saturated carbocycles. The zero-order valence-electron chi connectivity index (χ0n) is 11.0. The highest BCUT2D eigenvalue weighted by molar-refractivity contribution is 9.10. The van der Waals surface area contributed by atoms with Gasteiger partial charge in [-0.2, -0.15) is 5.10 Å². The minimum absolute atomic E-state index is 0.0449. The topological polar surface area (TPSA) is 34.9 Å². The summed E-state index contributed by atoms with van der Waals surface area (Å²) in [4.78, 5) is 12.4. The number of hydrogen-bond donors (Lipinski definition) is 0. The van der Waals surface area contributed by atoms with E-state index in [0.717, 1.165) is 34.3 Å². The quantitative estimate of drug-likeness (QED) is 0.852. The third-order valence-electron chi connectivity index (χ3n) is 3.82. The maximum atomic E-state index is 12.4. The lowest BCUT2D eigenvalue weighted by molar-refractivity contribution is 0.0935. The van der Waals surface area contributed by atoms with Gasteiger partial charge in [0.05, 0.1) is 15.9 Å². The first-order valence-electron chi connectivity index (χ1n) is 6.38. The first-order chi connectivity index (χ1) is 9.08. The average Bonchev–Trinajstić information content (AvgIpc) is 2.83.